The van der Waals surface area contributed by atoms with Gasteiger partial charge in [0.05, 0.1) is 23.5 Å². The smallest absolute Gasteiger partial charge is 0.338 e. The summed E-state index contributed by atoms with van der Waals surface area (Å²) >= 11 is 0. The second kappa shape index (κ2) is 7.25. The molecule has 0 saturated carbocycles. The number of rotatable bonds is 4. The van der Waals surface area contributed by atoms with E-state index in [4.69, 9.17) is 10.5 Å². The van der Waals surface area contributed by atoms with Gasteiger partial charge >= 0.3 is 5.97 Å². The topological polar surface area (TPSA) is 77.0 Å². The van der Waals surface area contributed by atoms with Crippen molar-refractivity contribution in [3.8, 4) is 0 Å². The maximum Gasteiger partial charge on any atom is 0.338 e. The molecular weight excluding hydrogens is 302 g/mol. The lowest BCUT2D eigenvalue weighted by Gasteiger charge is -2.14. The molecule has 0 bridgehead atoms. The van der Waals surface area contributed by atoms with Crippen molar-refractivity contribution in [2.24, 2.45) is 10.2 Å². The van der Waals surface area contributed by atoms with Gasteiger partial charge in [0.2, 0.25) is 0 Å². The van der Waals surface area contributed by atoms with Crippen molar-refractivity contribution in [2.75, 3.05) is 12.3 Å². The molecule has 2 rings (SSSR count). The van der Waals surface area contributed by atoms with Crippen LogP contribution in [0.5, 0.6) is 0 Å². The number of nitrogens with two attached hydrogens (primary N) is 1. The van der Waals surface area contributed by atoms with E-state index in [1.807, 2.05) is 27.7 Å². The lowest BCUT2D eigenvalue weighted by atomic mass is 9.96. The zero-order valence-corrected chi connectivity index (χ0v) is 14.8. The van der Waals surface area contributed by atoms with Gasteiger partial charge in [-0.15, -0.1) is 5.11 Å². The van der Waals surface area contributed by atoms with Crippen LogP contribution in [0.3, 0.4) is 0 Å². The zero-order valence-electron chi connectivity index (χ0n) is 14.8. The second-order valence-corrected chi connectivity index (χ2v) is 5.73. The maximum absolute atomic E-state index is 11.6. The molecule has 2 N–H and O–H groups in total. The molecule has 0 amide bonds. The molecular formula is C19H23N3O2. The number of ether oxygens (including phenoxy) is 1. The van der Waals surface area contributed by atoms with Crippen LogP contribution in [0, 0.1) is 27.7 Å². The van der Waals surface area contributed by atoms with Crippen LogP contribution >= 0.6 is 0 Å². The number of esters is 1. The summed E-state index contributed by atoms with van der Waals surface area (Å²) in [5.74, 6) is -0.336. The molecule has 0 aliphatic carbocycles. The highest BCUT2D eigenvalue weighted by Crippen LogP contribution is 2.35. The van der Waals surface area contributed by atoms with Gasteiger partial charge in [0, 0.05) is 5.69 Å². The Morgan fingerprint density at radius 3 is 2.00 bits per heavy atom. The number of anilines is 1. The van der Waals surface area contributed by atoms with Gasteiger partial charge in [0.15, 0.2) is 0 Å². The molecule has 0 aliphatic rings. The molecule has 0 fully saturated rings. The van der Waals surface area contributed by atoms with E-state index in [1.54, 1.807) is 31.2 Å². The molecule has 0 radical (unpaired) electrons. The fourth-order valence-corrected chi connectivity index (χ4v) is 2.46. The average molecular weight is 325 g/mol. The minimum absolute atomic E-state index is 0.336. The predicted octanol–water partition coefficient (Wildman–Crippen LogP) is 5.09. The summed E-state index contributed by atoms with van der Waals surface area (Å²) in [4.78, 5) is 11.6. The number of nitrogen functional groups attached to an aromatic ring is 1. The second-order valence-electron chi connectivity index (χ2n) is 5.73. The molecule has 126 valence electrons. The first-order valence-electron chi connectivity index (χ1n) is 7.91. The third-order valence-electron chi connectivity index (χ3n) is 4.29. The van der Waals surface area contributed by atoms with Gasteiger partial charge in [-0.3, -0.25) is 0 Å². The molecule has 5 heteroatoms. The Morgan fingerprint density at radius 2 is 1.50 bits per heavy atom. The number of benzene rings is 2. The van der Waals surface area contributed by atoms with Crippen molar-refractivity contribution >= 4 is 23.0 Å². The van der Waals surface area contributed by atoms with Crippen molar-refractivity contribution < 1.29 is 9.53 Å². The highest BCUT2D eigenvalue weighted by atomic mass is 16.5. The summed E-state index contributed by atoms with van der Waals surface area (Å²) in [5, 5.41) is 8.69. The van der Waals surface area contributed by atoms with Crippen LogP contribution in [-0.2, 0) is 4.74 Å². The standard InChI is InChI=1S/C19H23N3O2/c1-6-24-19(23)15-7-9-16(10-8-15)21-22-18-13(4)11(2)17(20)12(3)14(18)5/h7-10H,6,20H2,1-5H3. The minimum Gasteiger partial charge on any atom is -0.462 e. The van der Waals surface area contributed by atoms with Crippen molar-refractivity contribution in [1.29, 1.82) is 0 Å². The lowest BCUT2D eigenvalue weighted by molar-refractivity contribution is 0.0526. The largest absolute Gasteiger partial charge is 0.462 e. The summed E-state index contributed by atoms with van der Waals surface area (Å²) in [6.45, 7) is 10.1. The van der Waals surface area contributed by atoms with Crippen LogP contribution in [0.2, 0.25) is 0 Å². The number of carbonyl (C=O) groups excluding carboxylic acids is 1. The molecule has 0 heterocycles. The summed E-state index contributed by atoms with van der Waals surface area (Å²) in [6, 6.07) is 6.87. The van der Waals surface area contributed by atoms with E-state index in [1.165, 1.54) is 0 Å². The van der Waals surface area contributed by atoms with E-state index in [0.717, 1.165) is 33.6 Å². The summed E-state index contributed by atoms with van der Waals surface area (Å²) in [5.41, 5.74) is 13.1. The quantitative estimate of drug-likeness (QED) is 0.483. The van der Waals surface area contributed by atoms with Gasteiger partial charge < -0.3 is 10.5 Å². The third kappa shape index (κ3) is 3.45. The van der Waals surface area contributed by atoms with E-state index in [-0.39, 0.29) is 5.97 Å². The van der Waals surface area contributed by atoms with Gasteiger partial charge in [-0.1, -0.05) is 0 Å². The minimum atomic E-state index is -0.336. The first kappa shape index (κ1) is 17.7. The summed E-state index contributed by atoms with van der Waals surface area (Å²) in [7, 11) is 0. The van der Waals surface area contributed by atoms with Gasteiger partial charge in [-0.2, -0.15) is 5.11 Å². The normalized spacial score (nSPS) is 11.0. The molecule has 0 aliphatic heterocycles. The number of hydrogen-bond donors (Lipinski definition) is 1. The Kier molecular flexibility index (Phi) is 5.34. The molecule has 24 heavy (non-hydrogen) atoms. The molecule has 0 atom stereocenters. The van der Waals surface area contributed by atoms with Crippen LogP contribution in [0.1, 0.15) is 39.5 Å². The SMILES string of the molecule is CCOC(=O)c1ccc(N=Nc2c(C)c(C)c(N)c(C)c2C)cc1. The Labute approximate surface area is 142 Å². The summed E-state index contributed by atoms with van der Waals surface area (Å²) in [6.07, 6.45) is 0. The van der Waals surface area contributed by atoms with E-state index in [0.29, 0.717) is 17.9 Å². The van der Waals surface area contributed by atoms with Crippen molar-refractivity contribution in [3.63, 3.8) is 0 Å². The highest BCUT2D eigenvalue weighted by Gasteiger charge is 2.12. The van der Waals surface area contributed by atoms with Gasteiger partial charge in [0.25, 0.3) is 0 Å². The van der Waals surface area contributed by atoms with Crippen molar-refractivity contribution in [1.82, 2.24) is 0 Å². The van der Waals surface area contributed by atoms with E-state index in [9.17, 15) is 4.79 Å². The Balaban J connectivity index is 2.31. The van der Waals surface area contributed by atoms with Crippen molar-refractivity contribution in [2.45, 2.75) is 34.6 Å². The van der Waals surface area contributed by atoms with E-state index in [2.05, 4.69) is 10.2 Å². The van der Waals surface area contributed by atoms with Crippen LogP contribution in [0.15, 0.2) is 34.5 Å². The maximum atomic E-state index is 11.6. The van der Waals surface area contributed by atoms with Crippen LogP contribution in [0.4, 0.5) is 17.1 Å². The number of carbonyl (C=O) groups is 1. The number of hydrogen-bond acceptors (Lipinski definition) is 5. The predicted molar refractivity (Wildman–Crippen MR) is 96.4 cm³/mol. The van der Waals surface area contributed by atoms with Crippen molar-refractivity contribution in [3.05, 3.63) is 52.1 Å². The number of nitrogens with zero attached hydrogens (tertiary/aromatic N) is 2. The summed E-state index contributed by atoms with van der Waals surface area (Å²) < 4.78 is 4.96. The average Bonchev–Trinajstić information content (AvgIpc) is 2.59. The first-order chi connectivity index (χ1) is 11.4. The van der Waals surface area contributed by atoms with Gasteiger partial charge in [-0.05, 0) is 81.1 Å². The van der Waals surface area contributed by atoms with E-state index >= 15 is 0 Å². The zero-order chi connectivity index (χ0) is 17.9. The van der Waals surface area contributed by atoms with Crippen LogP contribution < -0.4 is 5.73 Å². The Morgan fingerprint density at radius 1 is 0.958 bits per heavy atom. The first-order valence-corrected chi connectivity index (χ1v) is 7.91. The molecule has 2 aromatic carbocycles. The molecule has 0 saturated heterocycles. The lowest BCUT2D eigenvalue weighted by Crippen LogP contribution is -2.03. The van der Waals surface area contributed by atoms with Gasteiger partial charge in [0.1, 0.15) is 0 Å². The Bertz CT molecular complexity index is 764. The fraction of sp³-hybridized carbons (Fsp3) is 0.316. The Hall–Kier alpha value is -2.69. The monoisotopic (exact) mass is 325 g/mol. The molecule has 2 aromatic rings. The van der Waals surface area contributed by atoms with Gasteiger partial charge in [-0.25, -0.2) is 4.79 Å². The fourth-order valence-electron chi connectivity index (χ4n) is 2.46. The molecule has 0 unspecified atom stereocenters. The molecule has 5 nitrogen and oxygen atoms in total. The van der Waals surface area contributed by atoms with E-state index < -0.39 is 0 Å². The number of azo groups is 1. The van der Waals surface area contributed by atoms with Crippen LogP contribution in [-0.4, -0.2) is 12.6 Å². The highest BCUT2D eigenvalue weighted by molar-refractivity contribution is 5.89. The molecule has 0 spiro atoms. The molecule has 0 aromatic heterocycles. The van der Waals surface area contributed by atoms with Crippen LogP contribution in [0.25, 0.3) is 0 Å². The third-order valence-corrected chi connectivity index (χ3v) is 4.29.